The zero-order valence-corrected chi connectivity index (χ0v) is 18.2. The fourth-order valence-electron chi connectivity index (χ4n) is 3.21. The third kappa shape index (κ3) is 4.04. The van der Waals surface area contributed by atoms with Crippen molar-refractivity contribution >= 4 is 38.8 Å². The van der Waals surface area contributed by atoms with Crippen LogP contribution >= 0.6 is 22.7 Å². The summed E-state index contributed by atoms with van der Waals surface area (Å²) in [6.45, 7) is 6.53. The van der Waals surface area contributed by atoms with Crippen molar-refractivity contribution in [1.82, 2.24) is 25.3 Å². The molecular weight excluding hydrogens is 402 g/mol. The van der Waals surface area contributed by atoms with Crippen LogP contribution in [0.3, 0.4) is 0 Å². The van der Waals surface area contributed by atoms with Crippen LogP contribution in [0.5, 0.6) is 0 Å². The summed E-state index contributed by atoms with van der Waals surface area (Å²) in [5.74, 6) is 0.755. The van der Waals surface area contributed by atoms with Crippen LogP contribution in [0.2, 0.25) is 0 Å². The number of fused-ring (bicyclic) bond motifs is 1. The third-order valence-corrected chi connectivity index (χ3v) is 6.79. The van der Waals surface area contributed by atoms with E-state index < -0.39 is 0 Å². The number of rotatable bonds is 6. The minimum Gasteiger partial charge on any atom is -0.351 e. The highest BCUT2D eigenvalue weighted by atomic mass is 32.1. The van der Waals surface area contributed by atoms with Gasteiger partial charge in [-0.2, -0.15) is 0 Å². The van der Waals surface area contributed by atoms with Crippen LogP contribution in [0.4, 0.5) is 0 Å². The molecule has 0 aliphatic rings. The van der Waals surface area contributed by atoms with Gasteiger partial charge in [-0.1, -0.05) is 6.92 Å². The molecule has 0 unspecified atom stereocenters. The van der Waals surface area contributed by atoms with E-state index in [0.29, 0.717) is 17.8 Å². The van der Waals surface area contributed by atoms with Gasteiger partial charge in [0.25, 0.3) is 5.91 Å². The Morgan fingerprint density at radius 2 is 1.93 bits per heavy atom. The second-order valence-electron chi connectivity index (χ2n) is 6.68. The number of aryl methyl sites for hydroxylation is 3. The summed E-state index contributed by atoms with van der Waals surface area (Å²) in [6.07, 6.45) is 5.00. The van der Waals surface area contributed by atoms with Gasteiger partial charge in [0.1, 0.15) is 10.7 Å². The average Bonchev–Trinajstić information content (AvgIpc) is 3.33. The first kappa shape index (κ1) is 19.6. The van der Waals surface area contributed by atoms with E-state index in [4.69, 9.17) is 0 Å². The molecule has 0 aromatic carbocycles. The maximum atomic E-state index is 12.7. The Labute approximate surface area is 177 Å². The van der Waals surface area contributed by atoms with Crippen LogP contribution in [0.15, 0.2) is 29.9 Å². The molecule has 0 aliphatic carbocycles. The van der Waals surface area contributed by atoms with E-state index in [9.17, 15) is 4.79 Å². The number of carbonyl (C=O) groups excluding carboxylic acids is 1. The molecular formula is C21H21N5OS2. The molecule has 4 aromatic heterocycles. The molecule has 0 saturated heterocycles. The molecule has 1 amide bonds. The van der Waals surface area contributed by atoms with E-state index in [1.54, 1.807) is 23.7 Å². The normalized spacial score (nSPS) is 11.1. The third-order valence-electron chi connectivity index (χ3n) is 4.69. The molecule has 29 heavy (non-hydrogen) atoms. The zero-order valence-electron chi connectivity index (χ0n) is 16.5. The van der Waals surface area contributed by atoms with Gasteiger partial charge in [0, 0.05) is 53.8 Å². The van der Waals surface area contributed by atoms with Gasteiger partial charge < -0.3 is 5.32 Å². The summed E-state index contributed by atoms with van der Waals surface area (Å²) < 4.78 is 0. The lowest BCUT2D eigenvalue weighted by Crippen LogP contribution is -2.25. The van der Waals surface area contributed by atoms with Gasteiger partial charge in [0.2, 0.25) is 0 Å². The van der Waals surface area contributed by atoms with E-state index in [0.717, 1.165) is 50.0 Å². The molecule has 1 N–H and O–H groups in total. The maximum Gasteiger partial charge on any atom is 0.261 e. The lowest BCUT2D eigenvalue weighted by atomic mass is 10.1. The van der Waals surface area contributed by atoms with Crippen molar-refractivity contribution in [1.29, 1.82) is 0 Å². The number of aromatic nitrogens is 4. The number of hydrogen-bond acceptors (Lipinski definition) is 7. The Hall–Kier alpha value is -2.71. The topological polar surface area (TPSA) is 80.7 Å². The Kier molecular flexibility index (Phi) is 5.64. The van der Waals surface area contributed by atoms with Gasteiger partial charge in [-0.25, -0.2) is 15.0 Å². The second-order valence-corrected chi connectivity index (χ2v) is 8.63. The minimum atomic E-state index is -0.0612. The monoisotopic (exact) mass is 423 g/mol. The van der Waals surface area contributed by atoms with Crippen molar-refractivity contribution in [3.8, 4) is 11.3 Å². The molecule has 148 valence electrons. The van der Waals surface area contributed by atoms with Gasteiger partial charge >= 0.3 is 0 Å². The van der Waals surface area contributed by atoms with Crippen LogP contribution in [0.1, 0.15) is 38.7 Å². The standard InChI is InChI=1S/C21H21N5OS2/c1-4-16-24-13(3)18-12(2)19(29-21(18)26-16)20(27)23-10-7-17-25-15(11-28-17)14-5-8-22-9-6-14/h5-6,8-9,11H,4,7,10H2,1-3H3,(H,23,27). The SMILES string of the molecule is CCc1nc(C)c2c(C)c(C(=O)NCCc3nc(-c4ccncc4)cs3)sc2n1. The Morgan fingerprint density at radius 3 is 2.69 bits per heavy atom. The predicted molar refractivity (Wildman–Crippen MR) is 118 cm³/mol. The molecule has 4 heterocycles. The van der Waals surface area contributed by atoms with Gasteiger partial charge in [0.05, 0.1) is 15.6 Å². The summed E-state index contributed by atoms with van der Waals surface area (Å²) in [5.41, 5.74) is 3.89. The van der Waals surface area contributed by atoms with Gasteiger partial charge in [-0.05, 0) is 31.5 Å². The summed E-state index contributed by atoms with van der Waals surface area (Å²) in [5, 5.41) is 7.06. The van der Waals surface area contributed by atoms with Crippen molar-refractivity contribution in [2.24, 2.45) is 0 Å². The van der Waals surface area contributed by atoms with Crippen LogP contribution in [0.25, 0.3) is 21.5 Å². The molecule has 0 saturated carbocycles. The maximum absolute atomic E-state index is 12.7. The van der Waals surface area contributed by atoms with Gasteiger partial charge in [0.15, 0.2) is 0 Å². The summed E-state index contributed by atoms with van der Waals surface area (Å²) in [6, 6.07) is 3.89. The Bertz CT molecular complexity index is 1170. The van der Waals surface area contributed by atoms with E-state index in [1.807, 2.05) is 38.3 Å². The molecule has 0 atom stereocenters. The first-order valence-electron chi connectivity index (χ1n) is 9.46. The van der Waals surface area contributed by atoms with Gasteiger partial charge in [-0.3, -0.25) is 9.78 Å². The predicted octanol–water partition coefficient (Wildman–Crippen LogP) is 4.36. The smallest absolute Gasteiger partial charge is 0.261 e. The number of nitrogens with zero attached hydrogens (tertiary/aromatic N) is 4. The van der Waals surface area contributed by atoms with E-state index >= 15 is 0 Å². The van der Waals surface area contributed by atoms with Crippen LogP contribution in [-0.2, 0) is 12.8 Å². The summed E-state index contributed by atoms with van der Waals surface area (Å²) >= 11 is 3.05. The lowest BCUT2D eigenvalue weighted by Gasteiger charge is -2.03. The van der Waals surface area contributed by atoms with Crippen LogP contribution in [0, 0.1) is 13.8 Å². The second kappa shape index (κ2) is 8.34. The highest BCUT2D eigenvalue weighted by Crippen LogP contribution is 2.31. The highest BCUT2D eigenvalue weighted by molar-refractivity contribution is 7.20. The number of hydrogen-bond donors (Lipinski definition) is 1. The summed E-state index contributed by atoms with van der Waals surface area (Å²) in [7, 11) is 0. The number of nitrogens with one attached hydrogen (secondary N) is 1. The molecule has 8 heteroatoms. The zero-order chi connectivity index (χ0) is 20.4. The molecule has 0 aliphatic heterocycles. The first-order chi connectivity index (χ1) is 14.1. The largest absolute Gasteiger partial charge is 0.351 e. The van der Waals surface area contributed by atoms with E-state index in [2.05, 4.69) is 25.3 Å². The number of carbonyl (C=O) groups is 1. The Balaban J connectivity index is 1.43. The number of amides is 1. The van der Waals surface area contributed by atoms with E-state index in [1.165, 1.54) is 11.3 Å². The van der Waals surface area contributed by atoms with Crippen molar-refractivity contribution in [3.63, 3.8) is 0 Å². The molecule has 0 radical (unpaired) electrons. The van der Waals surface area contributed by atoms with Crippen LogP contribution < -0.4 is 5.32 Å². The number of thiazole rings is 1. The first-order valence-corrected chi connectivity index (χ1v) is 11.2. The molecule has 4 aromatic rings. The molecule has 4 rings (SSSR count). The molecule has 0 spiro atoms. The Morgan fingerprint density at radius 1 is 1.14 bits per heavy atom. The van der Waals surface area contributed by atoms with E-state index in [-0.39, 0.29) is 5.91 Å². The van der Waals surface area contributed by atoms with Crippen molar-refractivity contribution in [2.75, 3.05) is 6.54 Å². The average molecular weight is 424 g/mol. The molecule has 0 fully saturated rings. The van der Waals surface area contributed by atoms with Crippen LogP contribution in [-0.4, -0.2) is 32.4 Å². The molecule has 6 nitrogen and oxygen atoms in total. The fraction of sp³-hybridized carbons (Fsp3) is 0.286. The minimum absolute atomic E-state index is 0.0612. The number of pyridine rings is 1. The van der Waals surface area contributed by atoms with Crippen molar-refractivity contribution < 1.29 is 4.79 Å². The highest BCUT2D eigenvalue weighted by Gasteiger charge is 2.18. The van der Waals surface area contributed by atoms with Crippen molar-refractivity contribution in [3.05, 3.63) is 56.9 Å². The lowest BCUT2D eigenvalue weighted by molar-refractivity contribution is 0.0957. The quantitative estimate of drug-likeness (QED) is 0.498. The molecule has 0 bridgehead atoms. The summed E-state index contributed by atoms with van der Waals surface area (Å²) in [4.78, 5) is 32.2. The van der Waals surface area contributed by atoms with Crippen molar-refractivity contribution in [2.45, 2.75) is 33.6 Å². The fourth-order valence-corrected chi connectivity index (χ4v) is 5.19. The number of thiophene rings is 1. The van der Waals surface area contributed by atoms with Gasteiger partial charge in [-0.15, -0.1) is 22.7 Å².